The molecule has 3 rings (SSSR count). The number of nitrogens with one attached hydrogen (secondary N) is 2. The number of piperidine rings is 1. The molecule has 2 atom stereocenters. The Kier molecular flexibility index (Phi) is 2.93. The average molecular weight is 220 g/mol. The molecule has 1 aromatic rings. The van der Waals surface area contributed by atoms with Crippen LogP contribution in [0.3, 0.4) is 0 Å². The van der Waals surface area contributed by atoms with E-state index in [1.54, 1.807) is 0 Å². The minimum atomic E-state index is 0.672. The zero-order valence-electron chi connectivity index (χ0n) is 9.65. The first-order chi connectivity index (χ1) is 7.93. The zero-order chi connectivity index (χ0) is 10.8. The Balaban J connectivity index is 1.55. The minimum absolute atomic E-state index is 0.672. The first-order valence-corrected chi connectivity index (χ1v) is 6.39. The van der Waals surface area contributed by atoms with E-state index < -0.39 is 0 Å². The highest BCUT2D eigenvalue weighted by Crippen LogP contribution is 2.27. The quantitative estimate of drug-likeness (QED) is 0.802. The molecular weight excluding hydrogens is 200 g/mol. The molecule has 2 saturated heterocycles. The van der Waals surface area contributed by atoms with Gasteiger partial charge in [-0.15, -0.1) is 0 Å². The van der Waals surface area contributed by atoms with Gasteiger partial charge in [-0.25, -0.2) is 4.98 Å². The fourth-order valence-electron chi connectivity index (χ4n) is 3.11. The van der Waals surface area contributed by atoms with E-state index in [4.69, 9.17) is 0 Å². The second-order valence-corrected chi connectivity index (χ2v) is 4.91. The van der Waals surface area contributed by atoms with Crippen LogP contribution in [0.15, 0.2) is 12.4 Å². The summed E-state index contributed by atoms with van der Waals surface area (Å²) in [4.78, 5) is 10.1. The van der Waals surface area contributed by atoms with Gasteiger partial charge in [0.1, 0.15) is 5.82 Å². The number of imidazole rings is 1. The van der Waals surface area contributed by atoms with E-state index in [1.807, 2.05) is 12.4 Å². The first-order valence-electron chi connectivity index (χ1n) is 6.39. The van der Waals surface area contributed by atoms with Crippen molar-refractivity contribution in [2.75, 3.05) is 13.1 Å². The lowest BCUT2D eigenvalue weighted by atomic mass is 9.99. The Bertz CT molecular complexity index is 322. The van der Waals surface area contributed by atoms with Crippen LogP contribution in [0.4, 0.5) is 0 Å². The zero-order valence-corrected chi connectivity index (χ0v) is 9.65. The Morgan fingerprint density at radius 3 is 3.25 bits per heavy atom. The van der Waals surface area contributed by atoms with Crippen molar-refractivity contribution in [3.63, 3.8) is 0 Å². The summed E-state index contributed by atoms with van der Waals surface area (Å²) in [6.07, 6.45) is 9.17. The van der Waals surface area contributed by atoms with E-state index >= 15 is 0 Å². The third kappa shape index (κ3) is 1.99. The van der Waals surface area contributed by atoms with E-state index in [9.17, 15) is 0 Å². The van der Waals surface area contributed by atoms with Crippen LogP contribution in [0, 0.1) is 0 Å². The fraction of sp³-hybridized carbons (Fsp3) is 0.750. The molecule has 0 aromatic carbocycles. The molecule has 2 N–H and O–H groups in total. The third-order valence-electron chi connectivity index (χ3n) is 3.94. The van der Waals surface area contributed by atoms with Gasteiger partial charge in [0.05, 0.1) is 6.54 Å². The lowest BCUT2D eigenvalue weighted by Gasteiger charge is -2.32. The topological polar surface area (TPSA) is 44.0 Å². The van der Waals surface area contributed by atoms with Crippen molar-refractivity contribution in [1.82, 2.24) is 20.2 Å². The van der Waals surface area contributed by atoms with Crippen LogP contribution in [0.2, 0.25) is 0 Å². The molecular formula is C12H20N4. The Labute approximate surface area is 96.4 Å². The Morgan fingerprint density at radius 1 is 1.38 bits per heavy atom. The van der Waals surface area contributed by atoms with E-state index in [0.717, 1.165) is 18.4 Å². The second-order valence-electron chi connectivity index (χ2n) is 4.91. The highest BCUT2D eigenvalue weighted by molar-refractivity contribution is 4.95. The number of aromatic nitrogens is 2. The number of aromatic amines is 1. The van der Waals surface area contributed by atoms with Gasteiger partial charge >= 0.3 is 0 Å². The summed E-state index contributed by atoms with van der Waals surface area (Å²) < 4.78 is 0. The minimum Gasteiger partial charge on any atom is -0.348 e. The molecule has 0 aliphatic carbocycles. The van der Waals surface area contributed by atoms with E-state index in [1.165, 1.54) is 38.8 Å². The maximum absolute atomic E-state index is 4.25. The van der Waals surface area contributed by atoms with Crippen LogP contribution in [0.5, 0.6) is 0 Å². The summed E-state index contributed by atoms with van der Waals surface area (Å²) in [5.41, 5.74) is 0. The number of rotatable bonds is 3. The molecule has 4 nitrogen and oxygen atoms in total. The molecule has 0 saturated carbocycles. The van der Waals surface area contributed by atoms with Crippen LogP contribution < -0.4 is 5.32 Å². The van der Waals surface area contributed by atoms with Crippen LogP contribution in [-0.2, 0) is 6.54 Å². The van der Waals surface area contributed by atoms with Crippen LogP contribution in [0.1, 0.15) is 31.5 Å². The maximum Gasteiger partial charge on any atom is 0.120 e. The first kappa shape index (κ1) is 10.3. The van der Waals surface area contributed by atoms with E-state index in [0.29, 0.717) is 6.04 Å². The maximum atomic E-state index is 4.25. The van der Waals surface area contributed by atoms with Gasteiger partial charge in [-0.3, -0.25) is 4.90 Å². The molecule has 1 aromatic heterocycles. The fourth-order valence-corrected chi connectivity index (χ4v) is 3.11. The molecule has 2 aliphatic heterocycles. The van der Waals surface area contributed by atoms with E-state index in [2.05, 4.69) is 20.2 Å². The molecule has 4 heteroatoms. The van der Waals surface area contributed by atoms with Gasteiger partial charge in [-0.2, -0.15) is 0 Å². The smallest absolute Gasteiger partial charge is 0.120 e. The van der Waals surface area contributed by atoms with Crippen LogP contribution in [0.25, 0.3) is 0 Å². The van der Waals surface area contributed by atoms with E-state index in [-0.39, 0.29) is 0 Å². The van der Waals surface area contributed by atoms with Gasteiger partial charge in [0.2, 0.25) is 0 Å². The summed E-state index contributed by atoms with van der Waals surface area (Å²) in [7, 11) is 0. The number of hydrogen-bond donors (Lipinski definition) is 2. The van der Waals surface area contributed by atoms with Crippen molar-refractivity contribution in [2.24, 2.45) is 0 Å². The number of nitrogens with zero attached hydrogens (tertiary/aromatic N) is 2. The van der Waals surface area contributed by atoms with Crippen molar-refractivity contribution < 1.29 is 0 Å². The molecule has 2 aliphatic rings. The normalized spacial score (nSPS) is 30.5. The summed E-state index contributed by atoms with van der Waals surface area (Å²) in [6, 6.07) is 1.45. The highest BCUT2D eigenvalue weighted by atomic mass is 15.2. The molecule has 0 bridgehead atoms. The SMILES string of the molecule is c1c[nH]c(CNC2CCN3CCCCC23)n1. The van der Waals surface area contributed by atoms with Crippen LogP contribution in [-0.4, -0.2) is 40.0 Å². The Morgan fingerprint density at radius 2 is 2.38 bits per heavy atom. The molecule has 0 radical (unpaired) electrons. The van der Waals surface area contributed by atoms with Crippen molar-refractivity contribution in [3.8, 4) is 0 Å². The molecule has 3 heterocycles. The second kappa shape index (κ2) is 4.55. The molecule has 2 fully saturated rings. The molecule has 88 valence electrons. The lowest BCUT2D eigenvalue weighted by Crippen LogP contribution is -2.44. The van der Waals surface area contributed by atoms with Gasteiger partial charge < -0.3 is 10.3 Å². The van der Waals surface area contributed by atoms with Gasteiger partial charge in [0, 0.05) is 31.0 Å². The van der Waals surface area contributed by atoms with Crippen molar-refractivity contribution >= 4 is 0 Å². The number of H-pyrrole nitrogens is 1. The van der Waals surface area contributed by atoms with Gasteiger partial charge in [-0.1, -0.05) is 6.42 Å². The standard InChI is InChI=1S/C12H20N4/c1-2-7-16-8-4-10(11(16)3-1)15-9-12-13-5-6-14-12/h5-6,10-11,15H,1-4,7-9H2,(H,13,14). The van der Waals surface area contributed by atoms with Gasteiger partial charge in [-0.05, 0) is 25.8 Å². The molecule has 0 amide bonds. The monoisotopic (exact) mass is 220 g/mol. The lowest BCUT2D eigenvalue weighted by molar-refractivity contribution is 0.180. The Hall–Kier alpha value is -0.870. The molecule has 16 heavy (non-hydrogen) atoms. The number of hydrogen-bond acceptors (Lipinski definition) is 3. The largest absolute Gasteiger partial charge is 0.348 e. The highest BCUT2D eigenvalue weighted by Gasteiger charge is 2.34. The summed E-state index contributed by atoms with van der Waals surface area (Å²) in [5, 5.41) is 3.65. The van der Waals surface area contributed by atoms with Crippen molar-refractivity contribution in [2.45, 2.75) is 44.3 Å². The van der Waals surface area contributed by atoms with Crippen molar-refractivity contribution in [3.05, 3.63) is 18.2 Å². The molecule has 2 unspecified atom stereocenters. The predicted molar refractivity (Wildman–Crippen MR) is 63.0 cm³/mol. The summed E-state index contributed by atoms with van der Waals surface area (Å²) in [5.74, 6) is 1.05. The summed E-state index contributed by atoms with van der Waals surface area (Å²) in [6.45, 7) is 3.46. The van der Waals surface area contributed by atoms with Gasteiger partial charge in [0.25, 0.3) is 0 Å². The third-order valence-corrected chi connectivity index (χ3v) is 3.94. The molecule has 0 spiro atoms. The van der Waals surface area contributed by atoms with Crippen molar-refractivity contribution in [1.29, 1.82) is 0 Å². The van der Waals surface area contributed by atoms with Crippen LogP contribution >= 0.6 is 0 Å². The number of fused-ring (bicyclic) bond motifs is 1. The van der Waals surface area contributed by atoms with Gasteiger partial charge in [0.15, 0.2) is 0 Å². The summed E-state index contributed by atoms with van der Waals surface area (Å²) >= 11 is 0. The predicted octanol–water partition coefficient (Wildman–Crippen LogP) is 1.13. The average Bonchev–Trinajstić information content (AvgIpc) is 2.96.